The molecule has 22 heavy (non-hydrogen) atoms. The lowest BCUT2D eigenvalue weighted by atomic mass is 10.1. The molecule has 0 saturated heterocycles. The van der Waals surface area contributed by atoms with Gasteiger partial charge in [-0.05, 0) is 49.4 Å². The van der Waals surface area contributed by atoms with Crippen molar-refractivity contribution < 1.29 is 17.9 Å². The van der Waals surface area contributed by atoms with Gasteiger partial charge >= 0.3 is 6.18 Å². The molecule has 0 aromatic heterocycles. The monoisotopic (exact) mass is 306 g/mol. The van der Waals surface area contributed by atoms with Crippen molar-refractivity contribution in [2.24, 2.45) is 0 Å². The number of hydrogen-bond acceptors (Lipinski definition) is 3. The molecule has 0 aliphatic rings. The molecule has 0 aliphatic heterocycles. The summed E-state index contributed by atoms with van der Waals surface area (Å²) >= 11 is 0. The Hall–Kier alpha value is -2.68. The second-order valence-corrected chi connectivity index (χ2v) is 4.45. The number of benzene rings is 2. The highest BCUT2D eigenvalue weighted by atomic mass is 19.4. The fraction of sp³-hybridized carbons (Fsp3) is 0.188. The average molecular weight is 306 g/mol. The fourth-order valence-electron chi connectivity index (χ4n) is 1.88. The molecule has 0 atom stereocenters. The van der Waals surface area contributed by atoms with Gasteiger partial charge in [0.05, 0.1) is 23.4 Å². The predicted octanol–water partition coefficient (Wildman–Crippen LogP) is 4.72. The van der Waals surface area contributed by atoms with Gasteiger partial charge in [-0.25, -0.2) is 0 Å². The second kappa shape index (κ2) is 6.39. The van der Waals surface area contributed by atoms with Gasteiger partial charge in [0.25, 0.3) is 0 Å². The van der Waals surface area contributed by atoms with E-state index < -0.39 is 11.7 Å². The molecule has 114 valence electrons. The van der Waals surface area contributed by atoms with E-state index in [1.54, 1.807) is 24.3 Å². The molecule has 2 aromatic rings. The van der Waals surface area contributed by atoms with Crippen LogP contribution in [-0.2, 0) is 6.18 Å². The minimum Gasteiger partial charge on any atom is -0.494 e. The summed E-state index contributed by atoms with van der Waals surface area (Å²) in [5.41, 5.74) is 0.0163. The van der Waals surface area contributed by atoms with E-state index in [1.807, 2.05) is 13.0 Å². The van der Waals surface area contributed by atoms with E-state index in [1.165, 1.54) is 0 Å². The van der Waals surface area contributed by atoms with Crippen molar-refractivity contribution in [1.82, 2.24) is 0 Å². The number of anilines is 2. The maximum Gasteiger partial charge on any atom is 0.416 e. The predicted molar refractivity (Wildman–Crippen MR) is 77.1 cm³/mol. The summed E-state index contributed by atoms with van der Waals surface area (Å²) in [5, 5.41) is 11.8. The maximum absolute atomic E-state index is 12.8. The lowest BCUT2D eigenvalue weighted by Crippen LogP contribution is -2.06. The van der Waals surface area contributed by atoms with Crippen LogP contribution in [0.2, 0.25) is 0 Å². The number of rotatable bonds is 4. The van der Waals surface area contributed by atoms with Gasteiger partial charge in [-0.2, -0.15) is 18.4 Å². The van der Waals surface area contributed by atoms with Crippen molar-refractivity contribution in [1.29, 1.82) is 5.26 Å². The minimum absolute atomic E-state index is 0.112. The zero-order valence-corrected chi connectivity index (χ0v) is 11.7. The Balaban J connectivity index is 2.29. The first-order valence-corrected chi connectivity index (χ1v) is 6.55. The Kier molecular flexibility index (Phi) is 4.56. The summed E-state index contributed by atoms with van der Waals surface area (Å²) in [6.07, 6.45) is -4.46. The van der Waals surface area contributed by atoms with Crippen molar-refractivity contribution in [3.05, 3.63) is 53.6 Å². The molecule has 0 spiro atoms. The van der Waals surface area contributed by atoms with Crippen LogP contribution in [0.4, 0.5) is 24.5 Å². The number of alkyl halides is 3. The molecule has 2 rings (SSSR count). The number of halogens is 3. The molecule has 2 aromatic carbocycles. The van der Waals surface area contributed by atoms with Gasteiger partial charge in [0.2, 0.25) is 0 Å². The normalized spacial score (nSPS) is 10.9. The van der Waals surface area contributed by atoms with Crippen molar-refractivity contribution in [3.63, 3.8) is 0 Å². The molecule has 6 heteroatoms. The van der Waals surface area contributed by atoms with Crippen LogP contribution >= 0.6 is 0 Å². The molecule has 0 bridgehead atoms. The van der Waals surface area contributed by atoms with Crippen LogP contribution in [0.1, 0.15) is 18.1 Å². The van der Waals surface area contributed by atoms with Crippen LogP contribution in [0.15, 0.2) is 42.5 Å². The molecule has 0 radical (unpaired) electrons. The molecule has 3 nitrogen and oxygen atoms in total. The first-order chi connectivity index (χ1) is 10.4. The Morgan fingerprint density at radius 1 is 1.14 bits per heavy atom. The van der Waals surface area contributed by atoms with Crippen LogP contribution in [0.3, 0.4) is 0 Å². The Labute approximate surface area is 126 Å². The minimum atomic E-state index is -4.46. The summed E-state index contributed by atoms with van der Waals surface area (Å²) in [4.78, 5) is 0. The highest BCUT2D eigenvalue weighted by Gasteiger charge is 2.31. The van der Waals surface area contributed by atoms with Gasteiger partial charge in [0.15, 0.2) is 0 Å². The van der Waals surface area contributed by atoms with Crippen molar-refractivity contribution >= 4 is 11.4 Å². The van der Waals surface area contributed by atoms with E-state index >= 15 is 0 Å². The molecule has 1 N–H and O–H groups in total. The molecule has 0 saturated carbocycles. The molecule has 0 heterocycles. The second-order valence-electron chi connectivity index (χ2n) is 4.45. The number of nitrogens with zero attached hydrogens (tertiary/aromatic N) is 1. The SMILES string of the molecule is CCOc1ccc(Nc2cc(C(F)(F)F)ccc2C#N)cc1. The van der Waals surface area contributed by atoms with E-state index in [9.17, 15) is 13.2 Å². The topological polar surface area (TPSA) is 45.0 Å². The number of hydrogen-bond donors (Lipinski definition) is 1. The van der Waals surface area contributed by atoms with Crippen LogP contribution in [-0.4, -0.2) is 6.61 Å². The Morgan fingerprint density at radius 2 is 1.82 bits per heavy atom. The molecule has 0 unspecified atom stereocenters. The van der Waals surface area contributed by atoms with Crippen molar-refractivity contribution in [2.75, 3.05) is 11.9 Å². The average Bonchev–Trinajstić information content (AvgIpc) is 2.48. The molecular formula is C16H13F3N2O. The standard InChI is InChI=1S/C16H13F3N2O/c1-2-22-14-7-5-13(6-8-14)21-15-9-12(16(17,18)19)4-3-11(15)10-20/h3-9,21H,2H2,1H3. The highest BCUT2D eigenvalue weighted by molar-refractivity contribution is 5.67. The molecule has 0 aliphatic carbocycles. The van der Waals surface area contributed by atoms with Crippen molar-refractivity contribution in [3.8, 4) is 11.8 Å². The smallest absolute Gasteiger partial charge is 0.416 e. The summed E-state index contributed by atoms with van der Waals surface area (Å²) in [5.74, 6) is 0.664. The van der Waals surface area contributed by atoms with Gasteiger partial charge in [-0.1, -0.05) is 0 Å². The third-order valence-corrected chi connectivity index (χ3v) is 2.91. The Bertz CT molecular complexity index is 688. The first kappa shape index (κ1) is 15.7. The van der Waals surface area contributed by atoms with Crippen molar-refractivity contribution in [2.45, 2.75) is 13.1 Å². The Morgan fingerprint density at radius 3 is 2.36 bits per heavy atom. The lowest BCUT2D eigenvalue weighted by molar-refractivity contribution is -0.137. The number of nitrogens with one attached hydrogen (secondary N) is 1. The summed E-state index contributed by atoms with van der Waals surface area (Å²) in [7, 11) is 0. The maximum atomic E-state index is 12.8. The number of nitriles is 1. The van der Waals surface area contributed by atoms with Gasteiger partial charge in [-0.15, -0.1) is 0 Å². The molecule has 0 amide bonds. The van der Waals surface area contributed by atoms with Crippen LogP contribution in [0.5, 0.6) is 5.75 Å². The van der Waals surface area contributed by atoms with E-state index in [4.69, 9.17) is 10.00 Å². The highest BCUT2D eigenvalue weighted by Crippen LogP contribution is 2.33. The van der Waals surface area contributed by atoms with E-state index in [-0.39, 0.29) is 11.3 Å². The fourth-order valence-corrected chi connectivity index (χ4v) is 1.88. The van der Waals surface area contributed by atoms with Gasteiger partial charge in [0, 0.05) is 5.69 Å². The van der Waals surface area contributed by atoms with Crippen LogP contribution < -0.4 is 10.1 Å². The van der Waals surface area contributed by atoms with E-state index in [0.29, 0.717) is 18.0 Å². The zero-order chi connectivity index (χ0) is 16.2. The number of ether oxygens (including phenoxy) is 1. The van der Waals surface area contributed by atoms with Crippen LogP contribution in [0, 0.1) is 11.3 Å². The van der Waals surface area contributed by atoms with E-state index in [2.05, 4.69) is 5.32 Å². The van der Waals surface area contributed by atoms with Gasteiger partial charge in [-0.3, -0.25) is 0 Å². The van der Waals surface area contributed by atoms with E-state index in [0.717, 1.165) is 18.2 Å². The van der Waals surface area contributed by atoms with Crippen LogP contribution in [0.25, 0.3) is 0 Å². The summed E-state index contributed by atoms with van der Waals surface area (Å²) in [6.45, 7) is 2.38. The lowest BCUT2D eigenvalue weighted by Gasteiger charge is -2.12. The third kappa shape index (κ3) is 3.70. The molecule has 0 fully saturated rings. The summed E-state index contributed by atoms with van der Waals surface area (Å²) in [6, 6.07) is 11.6. The quantitative estimate of drug-likeness (QED) is 0.889. The van der Waals surface area contributed by atoms with Gasteiger partial charge in [0.1, 0.15) is 11.8 Å². The third-order valence-electron chi connectivity index (χ3n) is 2.91. The largest absolute Gasteiger partial charge is 0.494 e. The van der Waals surface area contributed by atoms with Gasteiger partial charge < -0.3 is 10.1 Å². The first-order valence-electron chi connectivity index (χ1n) is 6.55. The summed E-state index contributed by atoms with van der Waals surface area (Å²) < 4.78 is 43.5. The zero-order valence-electron chi connectivity index (χ0n) is 11.7. The molecular weight excluding hydrogens is 293 g/mol.